The molecule has 14 heteroatoms. The van der Waals surface area contributed by atoms with E-state index >= 15 is 0 Å². The summed E-state index contributed by atoms with van der Waals surface area (Å²) in [6.07, 6.45) is 0. The van der Waals surface area contributed by atoms with E-state index in [1.165, 1.54) is 18.2 Å². The summed E-state index contributed by atoms with van der Waals surface area (Å²) in [5, 5.41) is 36.2. The van der Waals surface area contributed by atoms with Crippen molar-refractivity contribution in [2.45, 2.75) is 0 Å². The van der Waals surface area contributed by atoms with Gasteiger partial charge < -0.3 is 10.1 Å². The number of thiophene rings is 1. The number of nitrogens with zero attached hydrogens (tertiary/aromatic N) is 3. The number of nitro benzene ring substituents is 3. The molecule has 0 unspecified atom stereocenters. The van der Waals surface area contributed by atoms with Gasteiger partial charge in [-0.15, -0.1) is 11.3 Å². The van der Waals surface area contributed by atoms with Gasteiger partial charge in [0.05, 0.1) is 32.6 Å². The van der Waals surface area contributed by atoms with Gasteiger partial charge in [-0.05, 0) is 0 Å². The zero-order valence-corrected chi connectivity index (χ0v) is 16.4. The summed E-state index contributed by atoms with van der Waals surface area (Å²) < 4.78 is 4.93. The van der Waals surface area contributed by atoms with Gasteiger partial charge in [0, 0.05) is 23.6 Å². The molecule has 0 aliphatic rings. The van der Waals surface area contributed by atoms with Crippen LogP contribution in [0.25, 0.3) is 10.1 Å². The highest BCUT2D eigenvalue weighted by Crippen LogP contribution is 2.42. The number of nitrogens with one attached hydrogen (secondary N) is 1. The Morgan fingerprint density at radius 1 is 1.03 bits per heavy atom. The van der Waals surface area contributed by atoms with E-state index in [9.17, 15) is 35.1 Å². The molecule has 0 atom stereocenters. The number of fused-ring (bicyclic) bond motifs is 1. The maximum absolute atomic E-state index is 12.7. The maximum Gasteiger partial charge on any atom is 0.320 e. The minimum Gasteiger partial charge on any atom is -0.485 e. The molecule has 12 nitrogen and oxygen atoms in total. The fraction of sp³-hybridized carbons (Fsp3) is 0.0625. The molecule has 1 N–H and O–H groups in total. The third kappa shape index (κ3) is 3.58. The highest BCUT2D eigenvalue weighted by molar-refractivity contribution is 7.22. The zero-order chi connectivity index (χ0) is 22.2. The molecule has 0 bridgehead atoms. The second-order valence-electron chi connectivity index (χ2n) is 5.67. The monoisotopic (exact) mass is 452 g/mol. The SMILES string of the molecule is COc1c([N+](=O)[O-])cc(NC(=O)c2sc3c([N+](=O)[O-])cccc3c2Cl)cc1[N+](=O)[O-]. The van der Waals surface area contributed by atoms with Crippen molar-refractivity contribution in [3.8, 4) is 5.75 Å². The van der Waals surface area contributed by atoms with Gasteiger partial charge in [-0.3, -0.25) is 35.1 Å². The molecule has 0 fully saturated rings. The summed E-state index contributed by atoms with van der Waals surface area (Å²) in [5.41, 5.74) is -1.93. The summed E-state index contributed by atoms with van der Waals surface area (Å²) in [4.78, 5) is 43.9. The van der Waals surface area contributed by atoms with Crippen molar-refractivity contribution in [2.24, 2.45) is 0 Å². The fourth-order valence-electron chi connectivity index (χ4n) is 2.70. The van der Waals surface area contributed by atoms with Gasteiger partial charge in [0.15, 0.2) is 0 Å². The first-order valence-corrected chi connectivity index (χ1v) is 9.02. The lowest BCUT2D eigenvalue weighted by atomic mass is 10.2. The number of hydrogen-bond donors (Lipinski definition) is 1. The van der Waals surface area contributed by atoms with Gasteiger partial charge in [0.2, 0.25) is 0 Å². The van der Waals surface area contributed by atoms with Crippen LogP contribution in [0.1, 0.15) is 9.67 Å². The van der Waals surface area contributed by atoms with Crippen LogP contribution in [0.3, 0.4) is 0 Å². The number of halogens is 1. The van der Waals surface area contributed by atoms with Crippen LogP contribution in [-0.4, -0.2) is 27.8 Å². The van der Waals surface area contributed by atoms with E-state index in [1.807, 2.05) is 0 Å². The van der Waals surface area contributed by atoms with E-state index in [4.69, 9.17) is 16.3 Å². The van der Waals surface area contributed by atoms with Crippen LogP contribution in [0.2, 0.25) is 5.02 Å². The smallest absolute Gasteiger partial charge is 0.320 e. The number of amides is 1. The van der Waals surface area contributed by atoms with Gasteiger partial charge in [0.1, 0.15) is 9.58 Å². The van der Waals surface area contributed by atoms with E-state index in [-0.39, 0.29) is 31.4 Å². The average Bonchev–Trinajstić information content (AvgIpc) is 3.03. The summed E-state index contributed by atoms with van der Waals surface area (Å²) in [7, 11) is 1.04. The first kappa shape index (κ1) is 20.9. The third-order valence-electron chi connectivity index (χ3n) is 3.94. The summed E-state index contributed by atoms with van der Waals surface area (Å²) in [5.74, 6) is -1.41. The van der Waals surface area contributed by atoms with Crippen LogP contribution in [0.15, 0.2) is 30.3 Å². The van der Waals surface area contributed by atoms with Crippen molar-refractivity contribution in [3.63, 3.8) is 0 Å². The number of ether oxygens (including phenoxy) is 1. The lowest BCUT2D eigenvalue weighted by Gasteiger charge is -2.07. The van der Waals surface area contributed by atoms with Crippen LogP contribution in [0.5, 0.6) is 5.75 Å². The van der Waals surface area contributed by atoms with E-state index in [0.717, 1.165) is 30.6 Å². The van der Waals surface area contributed by atoms with Crippen LogP contribution >= 0.6 is 22.9 Å². The Morgan fingerprint density at radius 3 is 2.10 bits per heavy atom. The summed E-state index contributed by atoms with van der Waals surface area (Å²) in [6.45, 7) is 0. The molecule has 1 amide bonds. The predicted molar refractivity (Wildman–Crippen MR) is 108 cm³/mol. The van der Waals surface area contributed by atoms with Crippen molar-refractivity contribution < 1.29 is 24.3 Å². The minimum atomic E-state index is -0.892. The van der Waals surface area contributed by atoms with Gasteiger partial charge >= 0.3 is 11.4 Å². The topological polar surface area (TPSA) is 168 Å². The number of hydrogen-bond acceptors (Lipinski definition) is 9. The normalized spacial score (nSPS) is 10.6. The summed E-state index contributed by atoms with van der Waals surface area (Å²) in [6, 6.07) is 5.96. The molecule has 0 spiro atoms. The molecule has 154 valence electrons. The van der Waals surface area contributed by atoms with Crippen LogP contribution in [0, 0.1) is 30.3 Å². The number of carbonyl (C=O) groups is 1. The number of nitro groups is 3. The zero-order valence-electron chi connectivity index (χ0n) is 14.8. The fourth-order valence-corrected chi connectivity index (χ4v) is 4.19. The van der Waals surface area contributed by atoms with E-state index in [2.05, 4.69) is 5.32 Å². The molecule has 1 heterocycles. The second kappa shape index (κ2) is 7.88. The largest absolute Gasteiger partial charge is 0.485 e. The van der Waals surface area contributed by atoms with Crippen molar-refractivity contribution >= 4 is 61.7 Å². The Balaban J connectivity index is 2.07. The summed E-state index contributed by atoms with van der Waals surface area (Å²) >= 11 is 6.95. The molecule has 0 saturated carbocycles. The van der Waals surface area contributed by atoms with Crippen LogP contribution in [0.4, 0.5) is 22.7 Å². The maximum atomic E-state index is 12.7. The lowest BCUT2D eigenvalue weighted by molar-refractivity contribution is -0.395. The quantitative estimate of drug-likeness (QED) is 0.419. The second-order valence-corrected chi connectivity index (χ2v) is 7.07. The van der Waals surface area contributed by atoms with Gasteiger partial charge in [0.25, 0.3) is 17.3 Å². The molecule has 3 rings (SSSR count). The molecule has 2 aromatic carbocycles. The van der Waals surface area contributed by atoms with Gasteiger partial charge in [-0.2, -0.15) is 0 Å². The predicted octanol–water partition coefficient (Wildman–Crippen LogP) is 4.54. The number of anilines is 1. The van der Waals surface area contributed by atoms with E-state index in [0.29, 0.717) is 0 Å². The van der Waals surface area contributed by atoms with Crippen molar-refractivity contribution in [1.82, 2.24) is 0 Å². The Morgan fingerprint density at radius 2 is 1.60 bits per heavy atom. The standard InChI is InChI=1S/C16H9ClN4O8S/c1-29-13-10(20(25)26)5-7(6-11(13)21(27)28)18-16(22)15-12(17)8-3-2-4-9(19(23)24)14(8)30-15/h2-6H,1H3,(H,18,22). The van der Waals surface area contributed by atoms with Crippen molar-refractivity contribution in [2.75, 3.05) is 12.4 Å². The first-order valence-electron chi connectivity index (χ1n) is 7.83. The molecule has 0 radical (unpaired) electrons. The van der Waals surface area contributed by atoms with Gasteiger partial charge in [-0.1, -0.05) is 23.7 Å². The Labute approximate surface area is 175 Å². The van der Waals surface area contributed by atoms with Crippen LogP contribution in [-0.2, 0) is 0 Å². The Hall–Kier alpha value is -3.84. The molecule has 0 aliphatic carbocycles. The first-order chi connectivity index (χ1) is 14.1. The highest BCUT2D eigenvalue weighted by atomic mass is 35.5. The number of benzene rings is 2. The third-order valence-corrected chi connectivity index (χ3v) is 5.67. The van der Waals surface area contributed by atoms with Gasteiger partial charge in [-0.25, -0.2) is 0 Å². The van der Waals surface area contributed by atoms with E-state index in [1.54, 1.807) is 0 Å². The number of non-ortho nitro benzene ring substituents is 1. The molecular weight excluding hydrogens is 444 g/mol. The Kier molecular flexibility index (Phi) is 5.49. The molecular formula is C16H9ClN4O8S. The molecule has 0 aliphatic heterocycles. The average molecular weight is 453 g/mol. The molecule has 1 aromatic heterocycles. The molecule has 3 aromatic rings. The molecule has 0 saturated heterocycles. The number of carbonyl (C=O) groups excluding carboxylic acids is 1. The van der Waals surface area contributed by atoms with Crippen LogP contribution < -0.4 is 10.1 Å². The number of rotatable bonds is 6. The van der Waals surface area contributed by atoms with Crippen molar-refractivity contribution in [1.29, 1.82) is 0 Å². The number of methoxy groups -OCH3 is 1. The molecule has 30 heavy (non-hydrogen) atoms. The van der Waals surface area contributed by atoms with E-state index < -0.39 is 37.8 Å². The Bertz CT molecular complexity index is 1210. The highest BCUT2D eigenvalue weighted by Gasteiger charge is 2.29. The minimum absolute atomic E-state index is 0.0475. The van der Waals surface area contributed by atoms with Crippen molar-refractivity contribution in [3.05, 3.63) is 70.6 Å². The lowest BCUT2D eigenvalue weighted by Crippen LogP contribution is -2.11.